The topological polar surface area (TPSA) is 37.4 Å². The average molecular weight is 299 g/mol. The van der Waals surface area contributed by atoms with Crippen molar-refractivity contribution >= 4 is 25.3 Å². The number of hydrogen-bond acceptors (Lipinski definition) is 2. The molecule has 21 heavy (non-hydrogen) atoms. The van der Waals surface area contributed by atoms with Gasteiger partial charge in [0.1, 0.15) is 0 Å². The van der Waals surface area contributed by atoms with Crippen LogP contribution in [0, 0.1) is 5.92 Å². The SMILES string of the molecule is C[C@H]1C(=O)N(C(=O)c2ccccc2)[C@H]1c1ccccc1.S. The lowest BCUT2D eigenvalue weighted by Gasteiger charge is -2.44. The van der Waals surface area contributed by atoms with Gasteiger partial charge in [0.2, 0.25) is 5.91 Å². The van der Waals surface area contributed by atoms with Gasteiger partial charge in [-0.25, -0.2) is 0 Å². The minimum Gasteiger partial charge on any atom is -0.274 e. The maximum Gasteiger partial charge on any atom is 0.261 e. The number of benzene rings is 2. The molecular weight excluding hydrogens is 282 g/mol. The van der Waals surface area contributed by atoms with Crippen LogP contribution in [-0.4, -0.2) is 16.7 Å². The van der Waals surface area contributed by atoms with E-state index in [1.54, 1.807) is 24.3 Å². The zero-order valence-corrected chi connectivity index (χ0v) is 12.7. The molecular formula is C17H17NO2S. The Morgan fingerprint density at radius 3 is 2.05 bits per heavy atom. The van der Waals surface area contributed by atoms with Crippen molar-refractivity contribution in [3.05, 3.63) is 71.8 Å². The maximum absolute atomic E-state index is 12.5. The maximum atomic E-state index is 12.5. The highest BCUT2D eigenvalue weighted by molar-refractivity contribution is 7.59. The molecule has 1 aliphatic rings. The van der Waals surface area contributed by atoms with Crippen molar-refractivity contribution in [2.24, 2.45) is 5.92 Å². The summed E-state index contributed by atoms with van der Waals surface area (Å²) in [7, 11) is 0. The van der Waals surface area contributed by atoms with Crippen LogP contribution in [0.5, 0.6) is 0 Å². The Labute approximate surface area is 131 Å². The molecule has 108 valence electrons. The van der Waals surface area contributed by atoms with E-state index in [-0.39, 0.29) is 37.3 Å². The van der Waals surface area contributed by atoms with Gasteiger partial charge in [0.25, 0.3) is 5.91 Å². The van der Waals surface area contributed by atoms with E-state index in [9.17, 15) is 9.59 Å². The Morgan fingerprint density at radius 1 is 0.952 bits per heavy atom. The van der Waals surface area contributed by atoms with Gasteiger partial charge in [0.15, 0.2) is 0 Å². The van der Waals surface area contributed by atoms with Crippen LogP contribution in [0.15, 0.2) is 60.7 Å². The summed E-state index contributed by atoms with van der Waals surface area (Å²) in [6.07, 6.45) is 0. The Kier molecular flexibility index (Phi) is 4.48. The predicted octanol–water partition coefficient (Wildman–Crippen LogP) is 3.16. The van der Waals surface area contributed by atoms with E-state index in [2.05, 4.69) is 0 Å². The van der Waals surface area contributed by atoms with Crippen molar-refractivity contribution in [2.45, 2.75) is 13.0 Å². The van der Waals surface area contributed by atoms with E-state index in [1.165, 1.54) is 4.90 Å². The van der Waals surface area contributed by atoms with Gasteiger partial charge >= 0.3 is 0 Å². The highest BCUT2D eigenvalue weighted by Gasteiger charge is 2.48. The van der Waals surface area contributed by atoms with E-state index in [4.69, 9.17) is 0 Å². The normalized spacial score (nSPS) is 20.4. The molecule has 0 unspecified atom stereocenters. The summed E-state index contributed by atoms with van der Waals surface area (Å²) in [6, 6.07) is 18.5. The number of β-lactam (4-membered cyclic amide) rings is 1. The number of carbonyl (C=O) groups is 2. The van der Waals surface area contributed by atoms with Crippen molar-refractivity contribution < 1.29 is 9.59 Å². The molecule has 2 amide bonds. The van der Waals surface area contributed by atoms with E-state index in [1.807, 2.05) is 43.3 Å². The third kappa shape index (κ3) is 2.59. The van der Waals surface area contributed by atoms with Crippen molar-refractivity contribution in [3.63, 3.8) is 0 Å². The summed E-state index contributed by atoms with van der Waals surface area (Å²) in [5, 5.41) is 0. The molecule has 2 atom stereocenters. The highest BCUT2D eigenvalue weighted by atomic mass is 32.1. The molecule has 0 aromatic heterocycles. The summed E-state index contributed by atoms with van der Waals surface area (Å²) in [5.41, 5.74) is 1.55. The van der Waals surface area contributed by atoms with Gasteiger partial charge in [0, 0.05) is 5.56 Å². The first-order chi connectivity index (χ1) is 9.70. The molecule has 1 heterocycles. The Bertz CT molecular complexity index is 642. The summed E-state index contributed by atoms with van der Waals surface area (Å²) in [6.45, 7) is 1.87. The molecule has 3 nitrogen and oxygen atoms in total. The van der Waals surface area contributed by atoms with Crippen LogP contribution in [0.2, 0.25) is 0 Å². The van der Waals surface area contributed by atoms with Gasteiger partial charge in [-0.15, -0.1) is 0 Å². The van der Waals surface area contributed by atoms with Crippen LogP contribution < -0.4 is 0 Å². The molecule has 0 N–H and O–H groups in total. The average Bonchev–Trinajstić information content (AvgIpc) is 2.52. The molecule has 2 aromatic carbocycles. The van der Waals surface area contributed by atoms with Gasteiger partial charge < -0.3 is 0 Å². The molecule has 1 aliphatic heterocycles. The zero-order chi connectivity index (χ0) is 14.1. The number of rotatable bonds is 2. The fraction of sp³-hybridized carbons (Fsp3) is 0.176. The molecule has 0 bridgehead atoms. The number of nitrogens with zero attached hydrogens (tertiary/aromatic N) is 1. The molecule has 2 aromatic rings. The lowest BCUT2D eigenvalue weighted by Crippen LogP contribution is -2.56. The third-order valence-electron chi connectivity index (χ3n) is 3.76. The van der Waals surface area contributed by atoms with Crippen LogP contribution in [0.1, 0.15) is 28.9 Å². The van der Waals surface area contributed by atoms with E-state index in [0.717, 1.165) is 5.56 Å². The van der Waals surface area contributed by atoms with Gasteiger partial charge in [-0.1, -0.05) is 55.5 Å². The number of amides is 2. The summed E-state index contributed by atoms with van der Waals surface area (Å²) in [5.74, 6) is -0.472. The Balaban J connectivity index is 0.00000161. The van der Waals surface area contributed by atoms with Crippen LogP contribution in [0.25, 0.3) is 0 Å². The molecule has 4 heteroatoms. The van der Waals surface area contributed by atoms with Crippen LogP contribution >= 0.6 is 13.5 Å². The predicted molar refractivity (Wildman–Crippen MR) is 86.3 cm³/mol. The van der Waals surface area contributed by atoms with Crippen molar-refractivity contribution in [1.29, 1.82) is 0 Å². The fourth-order valence-electron chi connectivity index (χ4n) is 2.67. The van der Waals surface area contributed by atoms with Crippen molar-refractivity contribution in [2.75, 3.05) is 0 Å². The molecule has 0 saturated carbocycles. The molecule has 1 saturated heterocycles. The lowest BCUT2D eigenvalue weighted by molar-refractivity contribution is -0.149. The van der Waals surface area contributed by atoms with Crippen molar-refractivity contribution in [1.82, 2.24) is 4.90 Å². The zero-order valence-electron chi connectivity index (χ0n) is 11.7. The first kappa shape index (κ1) is 15.3. The van der Waals surface area contributed by atoms with Crippen molar-refractivity contribution in [3.8, 4) is 0 Å². The van der Waals surface area contributed by atoms with Gasteiger partial charge in [-0.2, -0.15) is 13.5 Å². The molecule has 1 fully saturated rings. The molecule has 0 radical (unpaired) electrons. The summed E-state index contributed by atoms with van der Waals surface area (Å²) < 4.78 is 0. The van der Waals surface area contributed by atoms with E-state index < -0.39 is 0 Å². The van der Waals surface area contributed by atoms with Gasteiger partial charge in [-0.3, -0.25) is 14.5 Å². The lowest BCUT2D eigenvalue weighted by atomic mass is 9.83. The molecule has 0 spiro atoms. The minimum absolute atomic E-state index is 0. The second-order valence-electron chi connectivity index (χ2n) is 5.02. The van der Waals surface area contributed by atoms with E-state index in [0.29, 0.717) is 5.56 Å². The first-order valence-electron chi connectivity index (χ1n) is 6.67. The quantitative estimate of drug-likeness (QED) is 0.631. The smallest absolute Gasteiger partial charge is 0.261 e. The fourth-order valence-corrected chi connectivity index (χ4v) is 2.67. The number of hydrogen-bond donors (Lipinski definition) is 0. The van der Waals surface area contributed by atoms with Gasteiger partial charge in [-0.05, 0) is 17.7 Å². The second kappa shape index (κ2) is 6.14. The van der Waals surface area contributed by atoms with Crippen LogP contribution in [0.3, 0.4) is 0 Å². The number of imide groups is 1. The number of likely N-dealkylation sites (tertiary alicyclic amines) is 1. The highest BCUT2D eigenvalue weighted by Crippen LogP contribution is 2.40. The largest absolute Gasteiger partial charge is 0.274 e. The Morgan fingerprint density at radius 2 is 1.48 bits per heavy atom. The van der Waals surface area contributed by atoms with Crippen LogP contribution in [-0.2, 0) is 4.79 Å². The summed E-state index contributed by atoms with van der Waals surface area (Å²) in [4.78, 5) is 25.9. The summed E-state index contributed by atoms with van der Waals surface area (Å²) >= 11 is 0. The molecule has 3 rings (SSSR count). The van der Waals surface area contributed by atoms with Crippen LogP contribution in [0.4, 0.5) is 0 Å². The first-order valence-corrected chi connectivity index (χ1v) is 6.67. The molecule has 0 aliphatic carbocycles. The van der Waals surface area contributed by atoms with E-state index >= 15 is 0 Å². The second-order valence-corrected chi connectivity index (χ2v) is 5.02. The van der Waals surface area contributed by atoms with Gasteiger partial charge in [0.05, 0.1) is 12.0 Å². The monoisotopic (exact) mass is 299 g/mol. The Hall–Kier alpha value is -2.07. The third-order valence-corrected chi connectivity index (χ3v) is 3.76. The number of carbonyl (C=O) groups excluding carboxylic acids is 2. The standard InChI is InChI=1S/C17H15NO2.H2S/c1-12-15(13-8-4-2-5-9-13)18(16(12)19)17(20)14-10-6-3-7-11-14;/h2-12,15H,1H3;1H2/t12-,15-;/m1./s1. The minimum atomic E-state index is -0.220.